The van der Waals surface area contributed by atoms with Crippen LogP contribution in [0.4, 0.5) is 13.2 Å². The summed E-state index contributed by atoms with van der Waals surface area (Å²) in [5.41, 5.74) is -1.47. The number of ether oxygens (including phenoxy) is 1. The molecule has 2 heterocycles. The summed E-state index contributed by atoms with van der Waals surface area (Å²) in [5.74, 6) is 0.809. The summed E-state index contributed by atoms with van der Waals surface area (Å²) >= 11 is 12.2. The molecule has 0 spiro atoms. The molecule has 330 valence electrons. The van der Waals surface area contributed by atoms with Crippen LogP contribution < -0.4 is 20.7 Å². The molecular formula is C36H42Cl2F3N4O12PS2. The van der Waals surface area contributed by atoms with Gasteiger partial charge in [0.15, 0.2) is 21.4 Å². The van der Waals surface area contributed by atoms with Crippen molar-refractivity contribution in [1.29, 1.82) is 0 Å². The minimum Gasteiger partial charge on any atom is -0.778 e. The van der Waals surface area contributed by atoms with Gasteiger partial charge in [0, 0.05) is 29.2 Å². The predicted octanol–water partition coefficient (Wildman–Crippen LogP) is 5.31. The Labute approximate surface area is 356 Å². The maximum absolute atomic E-state index is 12.8. The van der Waals surface area contributed by atoms with E-state index in [-0.39, 0.29) is 33.7 Å². The van der Waals surface area contributed by atoms with Crippen LogP contribution in [0.3, 0.4) is 0 Å². The average Bonchev–Trinajstić information content (AvgIpc) is 3.68. The molecule has 1 saturated carbocycles. The Morgan fingerprint density at radius 2 is 1.73 bits per heavy atom. The van der Waals surface area contributed by atoms with Crippen molar-refractivity contribution in [2.24, 2.45) is 0 Å². The fourth-order valence-corrected chi connectivity index (χ4v) is 6.16. The zero-order chi connectivity index (χ0) is 46.0. The number of carbonyl (C=O) groups is 2. The number of benzene rings is 2. The first-order chi connectivity index (χ1) is 27.5. The second kappa shape index (κ2) is 21.6. The molecule has 1 aliphatic rings. The van der Waals surface area contributed by atoms with Crippen molar-refractivity contribution in [3.8, 4) is 23.8 Å². The predicted molar refractivity (Wildman–Crippen MR) is 217 cm³/mol. The number of nitrogens with zero attached hydrogens (tertiary/aromatic N) is 3. The molecule has 0 radical (unpaired) electrons. The van der Waals surface area contributed by atoms with Crippen LogP contribution in [0.5, 0.6) is 5.75 Å². The van der Waals surface area contributed by atoms with E-state index in [0.717, 1.165) is 29.8 Å². The van der Waals surface area contributed by atoms with Crippen molar-refractivity contribution in [2.75, 3.05) is 44.5 Å². The van der Waals surface area contributed by atoms with Gasteiger partial charge in [-0.15, -0.1) is 11.5 Å². The SMILES string of the molecule is C#CCOc1cc(-n2nc(C(C)(C)C)oc2=O)c(Cl)cc1Cl.CS(=O)(=O)c1cc(C(F)(F)F)ccc1C(=O)c1cnoc1C1CC1.C[S+](C)C.O=C(O)CNCP(=O)([O-])O. The fourth-order valence-electron chi connectivity index (χ4n) is 4.35. The van der Waals surface area contributed by atoms with Gasteiger partial charge in [0.05, 0.1) is 69.5 Å². The highest BCUT2D eigenvalue weighted by atomic mass is 35.5. The first-order valence-electron chi connectivity index (χ1n) is 17.0. The number of carboxylic acid groups (broad SMARTS) is 1. The topological polar surface area (TPSA) is 244 Å². The number of aromatic nitrogens is 3. The Kier molecular flexibility index (Phi) is 18.7. The van der Waals surface area contributed by atoms with Crippen molar-refractivity contribution in [3.05, 3.63) is 85.5 Å². The monoisotopic (exact) mass is 944 g/mol. The number of nitrogens with one attached hydrogen (secondary N) is 1. The Hall–Kier alpha value is -4.13. The Bertz CT molecular complexity index is 2390. The highest BCUT2D eigenvalue weighted by molar-refractivity contribution is 7.94. The Balaban J connectivity index is 0.000000317. The number of hydrogen-bond acceptors (Lipinski definition) is 13. The van der Waals surface area contributed by atoms with E-state index >= 15 is 0 Å². The number of alkyl halides is 3. The lowest BCUT2D eigenvalue weighted by atomic mass is 9.97. The summed E-state index contributed by atoms with van der Waals surface area (Å²) in [6, 6.07) is 5.00. The van der Waals surface area contributed by atoms with E-state index in [4.69, 9.17) is 53.3 Å². The molecule has 0 bridgehead atoms. The molecule has 60 heavy (non-hydrogen) atoms. The van der Waals surface area contributed by atoms with Crippen LogP contribution in [0.15, 0.2) is 55.2 Å². The number of terminal acetylenes is 1. The van der Waals surface area contributed by atoms with Gasteiger partial charge in [0.2, 0.25) is 5.89 Å². The van der Waals surface area contributed by atoms with Gasteiger partial charge in [-0.2, -0.15) is 17.9 Å². The van der Waals surface area contributed by atoms with Crippen LogP contribution >= 0.6 is 30.8 Å². The van der Waals surface area contributed by atoms with Crippen LogP contribution in [0.25, 0.3) is 5.69 Å². The summed E-state index contributed by atoms with van der Waals surface area (Å²) in [6.45, 7) is 5.21. The van der Waals surface area contributed by atoms with Crippen molar-refractivity contribution in [2.45, 2.75) is 56.0 Å². The minimum atomic E-state index is -4.71. The molecule has 0 aliphatic heterocycles. The lowest BCUT2D eigenvalue weighted by Crippen LogP contribution is -2.25. The lowest BCUT2D eigenvalue weighted by Gasteiger charge is -2.14. The molecule has 0 amide bonds. The van der Waals surface area contributed by atoms with E-state index in [1.54, 1.807) is 0 Å². The number of rotatable bonds is 11. The zero-order valence-corrected chi connectivity index (χ0v) is 37.2. The first-order valence-corrected chi connectivity index (χ1v) is 23.8. The Morgan fingerprint density at radius 1 is 1.13 bits per heavy atom. The van der Waals surface area contributed by atoms with Gasteiger partial charge in [0.25, 0.3) is 0 Å². The average molecular weight is 946 g/mol. The van der Waals surface area contributed by atoms with Crippen LogP contribution in [-0.2, 0) is 41.7 Å². The van der Waals surface area contributed by atoms with Crippen molar-refractivity contribution in [1.82, 2.24) is 20.3 Å². The molecule has 2 aromatic carbocycles. The van der Waals surface area contributed by atoms with Gasteiger partial charge in [-0.05, 0) is 48.0 Å². The second-order valence-corrected chi connectivity index (χ2v) is 20.9. The molecule has 1 fully saturated rings. The number of halogens is 5. The third kappa shape index (κ3) is 16.7. The normalized spacial score (nSPS) is 13.6. The molecule has 4 aromatic rings. The molecule has 24 heteroatoms. The number of carboxylic acids is 1. The summed E-state index contributed by atoms with van der Waals surface area (Å²) < 4.78 is 88.8. The van der Waals surface area contributed by atoms with E-state index in [1.165, 1.54) is 18.3 Å². The molecule has 5 rings (SSSR count). The molecule has 0 saturated heterocycles. The third-order valence-corrected chi connectivity index (χ3v) is 9.42. The van der Waals surface area contributed by atoms with E-state index in [1.807, 2.05) is 26.1 Å². The molecule has 1 atom stereocenters. The van der Waals surface area contributed by atoms with E-state index in [9.17, 15) is 45.4 Å². The summed E-state index contributed by atoms with van der Waals surface area (Å²) in [6.07, 6.45) is 9.88. The van der Waals surface area contributed by atoms with E-state index < -0.39 is 69.8 Å². The zero-order valence-electron chi connectivity index (χ0n) is 33.1. The highest BCUT2D eigenvalue weighted by Crippen LogP contribution is 2.42. The van der Waals surface area contributed by atoms with E-state index in [2.05, 4.69) is 34.9 Å². The van der Waals surface area contributed by atoms with E-state index in [0.29, 0.717) is 46.1 Å². The number of sulfone groups is 1. The molecule has 3 N–H and O–H groups in total. The lowest BCUT2D eigenvalue weighted by molar-refractivity contribution is -0.193. The van der Waals surface area contributed by atoms with Crippen LogP contribution in [0, 0.1) is 12.3 Å². The smallest absolute Gasteiger partial charge is 0.442 e. The summed E-state index contributed by atoms with van der Waals surface area (Å²) in [4.78, 5) is 51.8. The molecular weight excluding hydrogens is 903 g/mol. The fraction of sp³-hybridized carbons (Fsp3) is 0.417. The number of hydrogen-bond donors (Lipinski definition) is 3. The Morgan fingerprint density at radius 3 is 2.20 bits per heavy atom. The number of carbonyl (C=O) groups excluding carboxylic acids is 1. The molecule has 16 nitrogen and oxygen atoms in total. The second-order valence-electron chi connectivity index (χ2n) is 14.1. The summed E-state index contributed by atoms with van der Waals surface area (Å²) in [5, 5.41) is 18.2. The van der Waals surface area contributed by atoms with Crippen LogP contribution in [0.1, 0.15) is 72.7 Å². The van der Waals surface area contributed by atoms with Gasteiger partial charge in [-0.25, -0.2) is 13.2 Å². The van der Waals surface area contributed by atoms with Crippen molar-refractivity contribution < 1.29 is 64.3 Å². The largest absolute Gasteiger partial charge is 0.778 e. The van der Waals surface area contributed by atoms with Crippen LogP contribution in [0.2, 0.25) is 10.0 Å². The highest BCUT2D eigenvalue weighted by Gasteiger charge is 2.36. The van der Waals surface area contributed by atoms with Gasteiger partial charge < -0.3 is 33.1 Å². The van der Waals surface area contributed by atoms with Gasteiger partial charge in [-0.1, -0.05) is 55.1 Å². The first kappa shape index (κ1) is 52.0. The van der Waals surface area contributed by atoms with Gasteiger partial charge in [-0.3, -0.25) is 14.9 Å². The molecule has 1 aliphatic carbocycles. The summed E-state index contributed by atoms with van der Waals surface area (Å²) in [7, 11) is -7.75. The maximum Gasteiger partial charge on any atom is 0.442 e. The van der Waals surface area contributed by atoms with Gasteiger partial charge >= 0.3 is 17.9 Å². The van der Waals surface area contributed by atoms with Crippen molar-refractivity contribution >= 4 is 63.3 Å². The standard InChI is InChI=1S/C15H14Cl2N2O3.C15H12F3NO4S.C3H8NO5P.C3H9S/c1-5-6-21-12-8-11(9(16)7-10(12)17)19-14(20)22-13(18-19)15(2,3)4;1-24(21,22)12-6-9(15(16,17)18)4-5-10(12)13(20)11-7-19-23-14(11)8-2-3-8;5-3(6)1-4-2-10(7,8)9;1-4(2)3/h1,7-8H,6H2,2-4H3;4-8H,2-3H2,1H3;4H,1-2H2,(H,5,6)(H2,7,8,9);1-3H3/q;;;+1/p-1. The van der Waals surface area contributed by atoms with Crippen molar-refractivity contribution in [3.63, 3.8) is 0 Å². The van der Waals surface area contributed by atoms with Gasteiger partial charge in [0.1, 0.15) is 20.0 Å². The molecule has 1 unspecified atom stereocenters. The quantitative estimate of drug-likeness (QED) is 0.0747. The van der Waals surface area contributed by atoms with Crippen LogP contribution in [-0.4, -0.2) is 89.6 Å². The maximum atomic E-state index is 12.8. The molecule has 2 aromatic heterocycles. The minimum absolute atomic E-state index is 0.0434. The third-order valence-electron chi connectivity index (χ3n) is 7.06. The number of ketones is 1. The number of aliphatic carboxylic acids is 1.